The van der Waals surface area contributed by atoms with Crippen LogP contribution in [0.15, 0.2) is 42.5 Å². The van der Waals surface area contributed by atoms with Gasteiger partial charge in [-0.1, -0.05) is 35.9 Å². The SMILES string of the molecule is OB(c1ccc(Cl)cc1)c1cccc(F)c1F. The minimum absolute atomic E-state index is 0.0904. The average Bonchev–Trinajstić information content (AvgIpc) is 2.33. The fourth-order valence-corrected chi connectivity index (χ4v) is 1.68. The molecule has 0 radical (unpaired) electrons. The van der Waals surface area contributed by atoms with E-state index in [0.29, 0.717) is 10.5 Å². The molecule has 0 spiro atoms. The van der Waals surface area contributed by atoms with Crippen LogP contribution in [0.25, 0.3) is 0 Å². The molecule has 0 saturated carbocycles. The van der Waals surface area contributed by atoms with Gasteiger partial charge in [-0.2, -0.15) is 0 Å². The Hall–Kier alpha value is -1.39. The standard InChI is InChI=1S/C12H8BClF2O/c14-9-6-4-8(5-7-9)13(17)10-2-1-3-11(15)12(10)16/h1-7,17H. The molecule has 0 aliphatic carbocycles. The van der Waals surface area contributed by atoms with E-state index in [1.165, 1.54) is 12.1 Å². The molecule has 17 heavy (non-hydrogen) atoms. The van der Waals surface area contributed by atoms with Gasteiger partial charge in [-0.3, -0.25) is 0 Å². The second-order valence-corrected chi connectivity index (χ2v) is 4.03. The predicted octanol–water partition coefficient (Wildman–Crippen LogP) is 1.72. The molecule has 0 bridgehead atoms. The largest absolute Gasteiger partial charge is 0.443 e. The molecule has 0 aromatic heterocycles. The van der Waals surface area contributed by atoms with Gasteiger partial charge in [0.05, 0.1) is 0 Å². The van der Waals surface area contributed by atoms with E-state index in [2.05, 4.69) is 0 Å². The Balaban J connectivity index is 2.40. The van der Waals surface area contributed by atoms with Crippen molar-refractivity contribution in [3.63, 3.8) is 0 Å². The highest BCUT2D eigenvalue weighted by atomic mass is 35.5. The minimum atomic E-state index is -1.21. The van der Waals surface area contributed by atoms with Gasteiger partial charge in [-0.05, 0) is 29.1 Å². The monoisotopic (exact) mass is 252 g/mol. The number of rotatable bonds is 2. The first kappa shape index (κ1) is 12.1. The molecule has 0 unspecified atom stereocenters. The lowest BCUT2D eigenvalue weighted by Gasteiger charge is -2.08. The van der Waals surface area contributed by atoms with E-state index in [1.807, 2.05) is 0 Å². The third kappa shape index (κ3) is 2.48. The molecular weight excluding hydrogens is 244 g/mol. The zero-order valence-corrected chi connectivity index (χ0v) is 9.46. The summed E-state index contributed by atoms with van der Waals surface area (Å²) in [6, 6.07) is 10.0. The van der Waals surface area contributed by atoms with Gasteiger partial charge in [0, 0.05) is 5.02 Å². The molecule has 5 heteroatoms. The van der Waals surface area contributed by atoms with Crippen molar-refractivity contribution in [3.8, 4) is 0 Å². The van der Waals surface area contributed by atoms with Crippen LogP contribution in [0.1, 0.15) is 0 Å². The third-order valence-electron chi connectivity index (χ3n) is 2.46. The molecule has 0 fully saturated rings. The molecule has 86 valence electrons. The number of hydrogen-bond acceptors (Lipinski definition) is 1. The van der Waals surface area contributed by atoms with E-state index in [9.17, 15) is 13.8 Å². The summed E-state index contributed by atoms with van der Waals surface area (Å²) in [5, 5.41) is 10.5. The highest BCUT2D eigenvalue weighted by molar-refractivity contribution is 6.79. The van der Waals surface area contributed by atoms with Crippen LogP contribution in [0.5, 0.6) is 0 Å². The zero-order chi connectivity index (χ0) is 12.4. The summed E-state index contributed by atoms with van der Waals surface area (Å²) in [5.74, 6) is -2.01. The number of hydrogen-bond donors (Lipinski definition) is 1. The summed E-state index contributed by atoms with van der Waals surface area (Å²) in [5.41, 5.74) is 0.367. The van der Waals surface area contributed by atoms with Gasteiger partial charge < -0.3 is 5.02 Å². The summed E-state index contributed by atoms with van der Waals surface area (Å²) < 4.78 is 26.5. The maximum absolute atomic E-state index is 13.5. The normalized spacial score (nSPS) is 10.4. The van der Waals surface area contributed by atoms with Crippen molar-refractivity contribution in [1.29, 1.82) is 0 Å². The van der Waals surface area contributed by atoms with E-state index < -0.39 is 18.6 Å². The van der Waals surface area contributed by atoms with Crippen molar-refractivity contribution in [2.75, 3.05) is 0 Å². The summed E-state index contributed by atoms with van der Waals surface area (Å²) >= 11 is 5.70. The van der Waals surface area contributed by atoms with Gasteiger partial charge in [0.25, 0.3) is 0 Å². The summed E-state index contributed by atoms with van der Waals surface area (Å²) in [4.78, 5) is 0. The van der Waals surface area contributed by atoms with Crippen LogP contribution in [0.2, 0.25) is 5.02 Å². The summed E-state index contributed by atoms with van der Waals surface area (Å²) in [6.07, 6.45) is 0. The molecule has 2 rings (SSSR count). The van der Waals surface area contributed by atoms with Crippen molar-refractivity contribution in [1.82, 2.24) is 0 Å². The Labute approximate surface area is 103 Å². The van der Waals surface area contributed by atoms with Gasteiger partial charge in [0.2, 0.25) is 0 Å². The van der Waals surface area contributed by atoms with Crippen LogP contribution >= 0.6 is 11.6 Å². The van der Waals surface area contributed by atoms with E-state index in [-0.39, 0.29) is 5.46 Å². The Morgan fingerprint density at radius 1 is 1.00 bits per heavy atom. The second-order valence-electron chi connectivity index (χ2n) is 3.60. The van der Waals surface area contributed by atoms with Crippen LogP contribution < -0.4 is 10.9 Å². The van der Waals surface area contributed by atoms with E-state index in [0.717, 1.165) is 6.07 Å². The highest BCUT2D eigenvalue weighted by Crippen LogP contribution is 2.06. The number of benzene rings is 2. The van der Waals surface area contributed by atoms with Crippen LogP contribution in [0.3, 0.4) is 0 Å². The summed E-state index contributed by atoms with van der Waals surface area (Å²) in [7, 11) is 0. The number of halogens is 3. The minimum Gasteiger partial charge on any atom is -0.443 e. The zero-order valence-electron chi connectivity index (χ0n) is 8.70. The van der Waals surface area contributed by atoms with Crippen molar-refractivity contribution < 1.29 is 13.8 Å². The second kappa shape index (κ2) is 4.86. The average molecular weight is 252 g/mol. The van der Waals surface area contributed by atoms with Crippen LogP contribution in [0.4, 0.5) is 8.78 Å². The van der Waals surface area contributed by atoms with E-state index >= 15 is 0 Å². The Kier molecular flexibility index (Phi) is 3.45. The third-order valence-corrected chi connectivity index (χ3v) is 2.71. The van der Waals surface area contributed by atoms with Crippen LogP contribution in [-0.2, 0) is 0 Å². The fraction of sp³-hybridized carbons (Fsp3) is 0. The Morgan fingerprint density at radius 3 is 2.29 bits per heavy atom. The molecule has 1 nitrogen and oxygen atoms in total. The maximum Gasteiger partial charge on any atom is 0.362 e. The van der Waals surface area contributed by atoms with Gasteiger partial charge >= 0.3 is 6.92 Å². The molecule has 2 aromatic rings. The van der Waals surface area contributed by atoms with Gasteiger partial charge in [0.15, 0.2) is 11.6 Å². The first-order chi connectivity index (χ1) is 8.09. The van der Waals surface area contributed by atoms with Crippen molar-refractivity contribution in [2.24, 2.45) is 0 Å². The first-order valence-electron chi connectivity index (χ1n) is 4.97. The molecule has 0 amide bonds. The van der Waals surface area contributed by atoms with Crippen molar-refractivity contribution >= 4 is 29.4 Å². The van der Waals surface area contributed by atoms with Crippen molar-refractivity contribution in [2.45, 2.75) is 0 Å². The lowest BCUT2D eigenvalue weighted by molar-refractivity contribution is 0.510. The quantitative estimate of drug-likeness (QED) is 0.807. The first-order valence-corrected chi connectivity index (χ1v) is 5.35. The fourth-order valence-electron chi connectivity index (χ4n) is 1.56. The van der Waals surface area contributed by atoms with E-state index in [1.54, 1.807) is 24.3 Å². The lowest BCUT2D eigenvalue weighted by Crippen LogP contribution is -2.44. The Morgan fingerprint density at radius 2 is 1.65 bits per heavy atom. The predicted molar refractivity (Wildman–Crippen MR) is 65.1 cm³/mol. The van der Waals surface area contributed by atoms with Crippen LogP contribution in [0, 0.1) is 11.6 Å². The van der Waals surface area contributed by atoms with Crippen LogP contribution in [-0.4, -0.2) is 11.9 Å². The van der Waals surface area contributed by atoms with E-state index in [4.69, 9.17) is 11.6 Å². The molecule has 0 heterocycles. The topological polar surface area (TPSA) is 20.2 Å². The molecular formula is C12H8BClF2O. The molecule has 0 aliphatic rings. The van der Waals surface area contributed by atoms with Crippen molar-refractivity contribution in [3.05, 3.63) is 59.1 Å². The molecule has 0 atom stereocenters. The summed E-state index contributed by atoms with van der Waals surface area (Å²) in [6.45, 7) is -1.21. The smallest absolute Gasteiger partial charge is 0.362 e. The molecule has 1 N–H and O–H groups in total. The lowest BCUT2D eigenvalue weighted by atomic mass is 9.56. The van der Waals surface area contributed by atoms with Gasteiger partial charge in [-0.15, -0.1) is 0 Å². The molecule has 0 saturated heterocycles. The highest BCUT2D eigenvalue weighted by Gasteiger charge is 2.22. The van der Waals surface area contributed by atoms with Gasteiger partial charge in [0.1, 0.15) is 0 Å². The maximum atomic E-state index is 13.5. The molecule has 0 aliphatic heterocycles. The molecule has 2 aromatic carbocycles. The van der Waals surface area contributed by atoms with Gasteiger partial charge in [-0.25, -0.2) is 8.78 Å². The Bertz CT molecular complexity index is 531.